The largest absolute Gasteiger partial charge is 0.497 e. The van der Waals surface area contributed by atoms with Crippen molar-refractivity contribution < 1.29 is 18.7 Å². The summed E-state index contributed by atoms with van der Waals surface area (Å²) < 4.78 is 20.0. The predicted octanol–water partition coefficient (Wildman–Crippen LogP) is 5.32. The van der Waals surface area contributed by atoms with Crippen molar-refractivity contribution >= 4 is 33.4 Å². The van der Waals surface area contributed by atoms with Crippen LogP contribution < -0.4 is 10.1 Å². The minimum absolute atomic E-state index is 0.0123. The Labute approximate surface area is 188 Å². The van der Waals surface area contributed by atoms with Crippen LogP contribution in [0.3, 0.4) is 0 Å². The monoisotopic (exact) mass is 482 g/mol. The molecule has 31 heavy (non-hydrogen) atoms. The molecule has 0 bridgehead atoms. The Kier molecular flexibility index (Phi) is 6.04. The second kappa shape index (κ2) is 8.89. The van der Waals surface area contributed by atoms with Crippen LogP contribution in [0.15, 0.2) is 71.2 Å². The molecule has 0 aromatic heterocycles. The third-order valence-corrected chi connectivity index (χ3v) is 5.80. The molecule has 0 aliphatic carbocycles. The van der Waals surface area contributed by atoms with Gasteiger partial charge in [-0.05, 0) is 47.5 Å². The van der Waals surface area contributed by atoms with Gasteiger partial charge in [-0.2, -0.15) is 0 Å². The van der Waals surface area contributed by atoms with Crippen LogP contribution in [0, 0.1) is 5.82 Å². The Balaban J connectivity index is 1.61. The van der Waals surface area contributed by atoms with Crippen molar-refractivity contribution in [3.05, 3.63) is 93.7 Å². The van der Waals surface area contributed by atoms with Crippen molar-refractivity contribution in [3.8, 4) is 5.75 Å². The van der Waals surface area contributed by atoms with E-state index in [0.29, 0.717) is 22.3 Å². The SMILES string of the molecule is COc1ccc([C@H](CC(=O)Nc2ccc(Br)cc2F)N2Cc3ccccc3C2=O)cc1. The summed E-state index contributed by atoms with van der Waals surface area (Å²) in [6, 6.07) is 18.6. The molecule has 1 heterocycles. The average Bonchev–Trinajstić information content (AvgIpc) is 3.11. The maximum absolute atomic E-state index is 14.2. The second-order valence-corrected chi connectivity index (χ2v) is 8.17. The van der Waals surface area contributed by atoms with Gasteiger partial charge in [0.25, 0.3) is 5.91 Å². The van der Waals surface area contributed by atoms with Gasteiger partial charge in [-0.25, -0.2) is 4.39 Å². The highest BCUT2D eigenvalue weighted by Crippen LogP contribution is 2.34. The normalized spacial score (nSPS) is 13.6. The lowest BCUT2D eigenvalue weighted by molar-refractivity contribution is -0.117. The fourth-order valence-corrected chi connectivity index (χ4v) is 4.06. The van der Waals surface area contributed by atoms with Gasteiger partial charge < -0.3 is 15.0 Å². The highest BCUT2D eigenvalue weighted by molar-refractivity contribution is 9.10. The lowest BCUT2D eigenvalue weighted by atomic mass is 10.0. The second-order valence-electron chi connectivity index (χ2n) is 7.26. The number of anilines is 1. The number of ether oxygens (including phenoxy) is 1. The van der Waals surface area contributed by atoms with E-state index in [2.05, 4.69) is 21.2 Å². The summed E-state index contributed by atoms with van der Waals surface area (Å²) in [4.78, 5) is 27.6. The van der Waals surface area contributed by atoms with Crippen LogP contribution in [-0.2, 0) is 11.3 Å². The van der Waals surface area contributed by atoms with Crippen LogP contribution in [0.2, 0.25) is 0 Å². The fourth-order valence-electron chi connectivity index (χ4n) is 3.73. The third kappa shape index (κ3) is 4.46. The van der Waals surface area contributed by atoms with Gasteiger partial charge in [0.15, 0.2) is 0 Å². The molecule has 7 heteroatoms. The highest BCUT2D eigenvalue weighted by atomic mass is 79.9. The minimum atomic E-state index is -0.534. The number of benzene rings is 3. The lowest BCUT2D eigenvalue weighted by Crippen LogP contribution is -2.32. The maximum Gasteiger partial charge on any atom is 0.255 e. The Morgan fingerprint density at radius 1 is 1.16 bits per heavy atom. The molecule has 0 spiro atoms. The fraction of sp³-hybridized carbons (Fsp3) is 0.167. The quantitative estimate of drug-likeness (QED) is 0.516. The Morgan fingerprint density at radius 2 is 1.90 bits per heavy atom. The van der Waals surface area contributed by atoms with Gasteiger partial charge in [0.05, 0.1) is 25.3 Å². The van der Waals surface area contributed by atoms with Crippen LogP contribution in [-0.4, -0.2) is 23.8 Å². The number of carbonyl (C=O) groups excluding carboxylic acids is 2. The molecule has 5 nitrogen and oxygen atoms in total. The summed E-state index contributed by atoms with van der Waals surface area (Å²) in [5.74, 6) is -0.363. The molecule has 1 N–H and O–H groups in total. The molecule has 3 aromatic carbocycles. The van der Waals surface area contributed by atoms with Crippen molar-refractivity contribution in [1.29, 1.82) is 0 Å². The number of fused-ring (bicyclic) bond motifs is 1. The topological polar surface area (TPSA) is 58.6 Å². The van der Waals surface area contributed by atoms with E-state index in [9.17, 15) is 14.0 Å². The molecule has 0 saturated carbocycles. The zero-order valence-corrected chi connectivity index (χ0v) is 18.4. The number of carbonyl (C=O) groups is 2. The molecule has 0 radical (unpaired) electrons. The van der Waals surface area contributed by atoms with Crippen molar-refractivity contribution in [2.75, 3.05) is 12.4 Å². The smallest absolute Gasteiger partial charge is 0.255 e. The Bertz CT molecular complexity index is 1130. The van der Waals surface area contributed by atoms with Crippen molar-refractivity contribution in [2.45, 2.75) is 19.0 Å². The summed E-state index contributed by atoms with van der Waals surface area (Å²) in [5.41, 5.74) is 2.46. The van der Waals surface area contributed by atoms with Crippen LogP contribution in [0.25, 0.3) is 0 Å². The first-order chi connectivity index (χ1) is 15.0. The Hall–Kier alpha value is -3.19. The Morgan fingerprint density at radius 3 is 2.58 bits per heavy atom. The van der Waals surface area contributed by atoms with E-state index in [1.165, 1.54) is 12.1 Å². The maximum atomic E-state index is 14.2. The number of nitrogens with zero attached hydrogens (tertiary/aromatic N) is 1. The zero-order valence-electron chi connectivity index (χ0n) is 16.8. The number of halogens is 2. The van der Waals surface area contributed by atoms with Crippen molar-refractivity contribution in [1.82, 2.24) is 4.90 Å². The number of methoxy groups -OCH3 is 1. The van der Waals surface area contributed by atoms with Crippen LogP contribution in [0.4, 0.5) is 10.1 Å². The van der Waals surface area contributed by atoms with E-state index in [0.717, 1.165) is 11.1 Å². The molecule has 3 aromatic rings. The molecule has 0 unspecified atom stereocenters. The number of rotatable bonds is 6. The summed E-state index contributed by atoms with van der Waals surface area (Å²) in [7, 11) is 1.58. The van der Waals surface area contributed by atoms with E-state index in [-0.39, 0.29) is 23.9 Å². The van der Waals surface area contributed by atoms with Crippen LogP contribution in [0.5, 0.6) is 5.75 Å². The number of amides is 2. The molecule has 1 aliphatic heterocycles. The third-order valence-electron chi connectivity index (χ3n) is 5.31. The molecule has 158 valence electrons. The van der Waals surface area contributed by atoms with Gasteiger partial charge in [-0.3, -0.25) is 9.59 Å². The molecule has 1 aliphatic rings. The average molecular weight is 483 g/mol. The van der Waals surface area contributed by atoms with E-state index in [4.69, 9.17) is 4.74 Å². The zero-order chi connectivity index (χ0) is 22.0. The van der Waals surface area contributed by atoms with Crippen molar-refractivity contribution in [2.24, 2.45) is 0 Å². The molecule has 0 fully saturated rings. The molecule has 0 saturated heterocycles. The summed E-state index contributed by atoms with van der Waals surface area (Å²) in [6.45, 7) is 0.408. The van der Waals surface area contributed by atoms with E-state index in [1.807, 2.05) is 30.3 Å². The van der Waals surface area contributed by atoms with Gasteiger partial charge in [-0.15, -0.1) is 0 Å². The molecule has 2 amide bonds. The van der Waals surface area contributed by atoms with Gasteiger partial charge >= 0.3 is 0 Å². The van der Waals surface area contributed by atoms with E-state index < -0.39 is 11.9 Å². The predicted molar refractivity (Wildman–Crippen MR) is 119 cm³/mol. The minimum Gasteiger partial charge on any atom is -0.497 e. The van der Waals surface area contributed by atoms with Gasteiger partial charge in [0.1, 0.15) is 11.6 Å². The molecular formula is C24H20BrFN2O3. The first-order valence-corrected chi connectivity index (χ1v) is 10.5. The number of nitrogens with one attached hydrogen (secondary N) is 1. The van der Waals surface area contributed by atoms with Gasteiger partial charge in [0.2, 0.25) is 5.91 Å². The van der Waals surface area contributed by atoms with E-state index in [1.54, 1.807) is 36.3 Å². The van der Waals surface area contributed by atoms with Gasteiger partial charge in [0, 0.05) is 16.6 Å². The first kappa shape index (κ1) is 21.1. The lowest BCUT2D eigenvalue weighted by Gasteiger charge is -2.28. The number of hydrogen-bond donors (Lipinski definition) is 1. The summed E-state index contributed by atoms with van der Waals surface area (Å²) in [5, 5.41) is 2.62. The summed E-state index contributed by atoms with van der Waals surface area (Å²) in [6.07, 6.45) is -0.0123. The molecule has 1 atom stereocenters. The first-order valence-electron chi connectivity index (χ1n) is 9.74. The van der Waals surface area contributed by atoms with Crippen molar-refractivity contribution in [3.63, 3.8) is 0 Å². The van der Waals surface area contributed by atoms with Gasteiger partial charge in [-0.1, -0.05) is 46.3 Å². The van der Waals surface area contributed by atoms with Crippen LogP contribution >= 0.6 is 15.9 Å². The number of hydrogen-bond acceptors (Lipinski definition) is 3. The highest BCUT2D eigenvalue weighted by Gasteiger charge is 2.34. The molecule has 4 rings (SSSR count). The standard InChI is InChI=1S/C24H20BrFN2O3/c1-31-18-9-6-15(7-10-18)22(28-14-16-4-2-3-5-19(16)24(28)30)13-23(29)27-21-11-8-17(25)12-20(21)26/h2-12,22H,13-14H2,1H3,(H,27,29)/t22-/m0/s1. The van der Waals surface area contributed by atoms with Crippen LogP contribution in [0.1, 0.15) is 33.9 Å². The summed E-state index contributed by atoms with van der Waals surface area (Å²) >= 11 is 3.20. The van der Waals surface area contributed by atoms with E-state index >= 15 is 0 Å². The molecular weight excluding hydrogens is 463 g/mol.